The summed E-state index contributed by atoms with van der Waals surface area (Å²) in [6, 6.07) is 10.9. The van der Waals surface area contributed by atoms with Gasteiger partial charge >= 0.3 is 0 Å². The van der Waals surface area contributed by atoms with Gasteiger partial charge in [-0.1, -0.05) is 12.1 Å². The Kier molecular flexibility index (Phi) is 7.70. The molecule has 1 saturated carbocycles. The Morgan fingerprint density at radius 3 is 2.60 bits per heavy atom. The average molecular weight is 663 g/mol. The number of hydrogen-bond donors (Lipinski definition) is 3. The number of fused-ring (bicyclic) bond motifs is 1. The summed E-state index contributed by atoms with van der Waals surface area (Å²) in [7, 11) is 1.28. The average Bonchev–Trinajstić information content (AvgIpc) is 3.78. The summed E-state index contributed by atoms with van der Waals surface area (Å²) in [5.41, 5.74) is -1.68. The summed E-state index contributed by atoms with van der Waals surface area (Å²) in [6.45, 7) is -1.12. The number of halogens is 3. The summed E-state index contributed by atoms with van der Waals surface area (Å²) in [5.74, 6) is -2.04. The monoisotopic (exact) mass is 663 g/mol. The minimum absolute atomic E-state index is 0.0409. The van der Waals surface area contributed by atoms with E-state index in [0.717, 1.165) is 28.5 Å². The predicted octanol–water partition coefficient (Wildman–Crippen LogP) is 2.87. The smallest absolute Gasteiger partial charge is 0.289 e. The number of carbonyl (C=O) groups excluding carboxylic acids is 1. The first kappa shape index (κ1) is 27.9. The van der Waals surface area contributed by atoms with Crippen LogP contribution in [-0.4, -0.2) is 49.7 Å². The highest BCUT2D eigenvalue weighted by molar-refractivity contribution is 14.1. The van der Waals surface area contributed by atoms with Crippen molar-refractivity contribution >= 4 is 57.0 Å². The van der Waals surface area contributed by atoms with Gasteiger partial charge in [0.2, 0.25) is 12.2 Å². The molecule has 5 rings (SSSR count). The normalized spacial score (nSPS) is 13.8. The summed E-state index contributed by atoms with van der Waals surface area (Å²) in [4.78, 5) is 40.1. The van der Waals surface area contributed by atoms with Crippen molar-refractivity contribution in [3.8, 4) is 11.3 Å². The van der Waals surface area contributed by atoms with Crippen molar-refractivity contribution in [2.75, 3.05) is 16.8 Å². The summed E-state index contributed by atoms with van der Waals surface area (Å²) in [5, 5.41) is 26.2. The predicted molar refractivity (Wildman–Crippen MR) is 154 cm³/mol. The Balaban J connectivity index is 1.83. The number of nitrogens with one attached hydrogen (secondary N) is 1. The SMILES string of the molecule is Cn1c(=O)c(F)c(Nc2ccc(I)cc2F)c2c(=O)n(CC(O)CO)nc(-c3cccc(N(C=O)C4CC4)c3)c21. The Labute approximate surface area is 239 Å². The molecule has 0 aliphatic heterocycles. The second-order valence-corrected chi connectivity index (χ2v) is 10.7. The fourth-order valence-corrected chi connectivity index (χ4v) is 4.98. The number of hydrogen-bond acceptors (Lipinski definition) is 7. The second kappa shape index (κ2) is 11.1. The third-order valence-electron chi connectivity index (χ3n) is 6.68. The van der Waals surface area contributed by atoms with Crippen LogP contribution in [0.1, 0.15) is 12.8 Å². The van der Waals surface area contributed by atoms with Crippen molar-refractivity contribution in [3.63, 3.8) is 0 Å². The fraction of sp³-hybridized carbons (Fsp3) is 0.259. The van der Waals surface area contributed by atoms with Gasteiger partial charge in [0.1, 0.15) is 11.5 Å². The molecule has 0 radical (unpaired) electrons. The highest BCUT2D eigenvalue weighted by Gasteiger charge is 2.30. The molecule has 40 heavy (non-hydrogen) atoms. The van der Waals surface area contributed by atoms with Crippen LogP contribution in [0.25, 0.3) is 22.2 Å². The van der Waals surface area contributed by atoms with Crippen molar-refractivity contribution in [2.24, 2.45) is 7.05 Å². The van der Waals surface area contributed by atoms with E-state index in [1.165, 1.54) is 19.2 Å². The van der Waals surface area contributed by atoms with Crippen molar-refractivity contribution in [2.45, 2.75) is 31.5 Å². The minimum Gasteiger partial charge on any atom is -0.394 e. The van der Waals surface area contributed by atoms with Gasteiger partial charge in [-0.15, -0.1) is 0 Å². The summed E-state index contributed by atoms with van der Waals surface area (Å²) >= 11 is 1.91. The lowest BCUT2D eigenvalue weighted by Gasteiger charge is -2.20. The minimum atomic E-state index is -1.37. The highest BCUT2D eigenvalue weighted by Crippen LogP contribution is 2.35. The zero-order valence-electron chi connectivity index (χ0n) is 21.1. The van der Waals surface area contributed by atoms with E-state index in [1.807, 2.05) is 22.6 Å². The maximum atomic E-state index is 15.6. The molecule has 1 atom stereocenters. The lowest BCUT2D eigenvalue weighted by Crippen LogP contribution is -2.34. The lowest BCUT2D eigenvalue weighted by molar-refractivity contribution is -0.107. The van der Waals surface area contributed by atoms with E-state index in [1.54, 1.807) is 35.2 Å². The lowest BCUT2D eigenvalue weighted by atomic mass is 10.1. The molecule has 1 aliphatic carbocycles. The van der Waals surface area contributed by atoms with Crippen LogP contribution in [0.4, 0.5) is 25.8 Å². The number of benzene rings is 2. The molecule has 1 unspecified atom stereocenters. The number of amides is 1. The van der Waals surface area contributed by atoms with Crippen LogP contribution < -0.4 is 21.3 Å². The standard InChI is InChI=1S/C27H24F2IN5O5/c1-33-25-21(24(22(29)27(33)40)31-20-8-5-15(30)10-19(20)28)26(39)35(11-18(38)12-36)32-23(25)14-3-2-4-17(9-14)34(13-37)16-6-7-16/h2-5,8-10,13,16,18,31,36,38H,6-7,11-12H2,1H3. The molecule has 3 N–H and O–H groups in total. The van der Waals surface area contributed by atoms with Gasteiger partial charge in [-0.3, -0.25) is 14.4 Å². The van der Waals surface area contributed by atoms with Crippen LogP contribution in [0.15, 0.2) is 52.1 Å². The molecule has 10 nitrogen and oxygen atoms in total. The van der Waals surface area contributed by atoms with Crippen LogP contribution in [0.2, 0.25) is 0 Å². The second-order valence-electron chi connectivity index (χ2n) is 9.49. The first-order valence-corrected chi connectivity index (χ1v) is 13.4. The molecule has 1 amide bonds. The number of nitrogens with zero attached hydrogens (tertiary/aromatic N) is 4. The molecule has 4 aromatic rings. The van der Waals surface area contributed by atoms with Gasteiger partial charge < -0.3 is 25.0 Å². The molecule has 13 heteroatoms. The molecular formula is C27H24F2IN5O5. The first-order valence-electron chi connectivity index (χ1n) is 12.3. The quantitative estimate of drug-likeness (QED) is 0.186. The van der Waals surface area contributed by atoms with Crippen molar-refractivity contribution in [3.05, 3.63) is 78.4 Å². The van der Waals surface area contributed by atoms with E-state index >= 15 is 4.39 Å². The molecule has 1 aliphatic rings. The molecule has 208 valence electrons. The van der Waals surface area contributed by atoms with E-state index in [2.05, 4.69) is 10.4 Å². The largest absolute Gasteiger partial charge is 0.394 e. The van der Waals surface area contributed by atoms with E-state index in [4.69, 9.17) is 0 Å². The Hall–Kier alpha value is -3.69. The molecule has 1 fully saturated rings. The maximum Gasteiger partial charge on any atom is 0.289 e. The molecular weight excluding hydrogens is 639 g/mol. The third-order valence-corrected chi connectivity index (χ3v) is 7.36. The number of pyridine rings is 1. The summed E-state index contributed by atoms with van der Waals surface area (Å²) in [6.07, 6.45) is 1.06. The van der Waals surface area contributed by atoms with E-state index in [-0.39, 0.29) is 28.3 Å². The Bertz CT molecular complexity index is 1750. The Morgan fingerprint density at radius 2 is 1.95 bits per heavy atom. The number of anilines is 3. The third kappa shape index (κ3) is 5.11. The van der Waals surface area contributed by atoms with E-state index in [0.29, 0.717) is 14.8 Å². The zero-order chi connectivity index (χ0) is 28.7. The van der Waals surface area contributed by atoms with Crippen LogP contribution in [0, 0.1) is 15.2 Å². The number of aliphatic hydroxyl groups excluding tert-OH is 2. The van der Waals surface area contributed by atoms with Crippen molar-refractivity contribution < 1.29 is 23.8 Å². The fourth-order valence-electron chi connectivity index (χ4n) is 4.52. The molecule has 2 aromatic heterocycles. The zero-order valence-corrected chi connectivity index (χ0v) is 23.3. The van der Waals surface area contributed by atoms with Gasteiger partial charge in [0.25, 0.3) is 11.1 Å². The number of aromatic nitrogens is 3. The molecule has 0 saturated heterocycles. The number of carbonyl (C=O) groups is 1. The molecule has 0 bridgehead atoms. The van der Waals surface area contributed by atoms with Crippen LogP contribution in [0.3, 0.4) is 0 Å². The molecule has 2 aromatic carbocycles. The topological polar surface area (TPSA) is 130 Å². The van der Waals surface area contributed by atoms with Crippen LogP contribution >= 0.6 is 22.6 Å². The first-order chi connectivity index (χ1) is 19.1. The number of rotatable bonds is 9. The van der Waals surface area contributed by atoms with Gasteiger partial charge in [0.15, 0.2) is 0 Å². The van der Waals surface area contributed by atoms with Crippen LogP contribution in [-0.2, 0) is 18.4 Å². The van der Waals surface area contributed by atoms with Crippen LogP contribution in [0.5, 0.6) is 0 Å². The maximum absolute atomic E-state index is 15.6. The number of aliphatic hydroxyl groups is 2. The van der Waals surface area contributed by atoms with Gasteiger partial charge in [-0.25, -0.2) is 9.07 Å². The van der Waals surface area contributed by atoms with E-state index < -0.39 is 47.7 Å². The Morgan fingerprint density at radius 1 is 1.20 bits per heavy atom. The van der Waals surface area contributed by atoms with Crippen molar-refractivity contribution in [1.29, 1.82) is 0 Å². The highest BCUT2D eigenvalue weighted by atomic mass is 127. The van der Waals surface area contributed by atoms with Gasteiger partial charge in [0, 0.05) is 27.9 Å². The summed E-state index contributed by atoms with van der Waals surface area (Å²) < 4.78 is 32.7. The number of aryl methyl sites for hydroxylation is 1. The molecule has 0 spiro atoms. The van der Waals surface area contributed by atoms with Crippen molar-refractivity contribution in [1.82, 2.24) is 14.3 Å². The van der Waals surface area contributed by atoms with Gasteiger partial charge in [0.05, 0.1) is 41.5 Å². The van der Waals surface area contributed by atoms with Gasteiger partial charge in [-0.2, -0.15) is 9.49 Å². The molecule has 2 heterocycles. The van der Waals surface area contributed by atoms with E-state index in [9.17, 15) is 29.0 Å². The van der Waals surface area contributed by atoms with Gasteiger partial charge in [-0.05, 0) is 65.8 Å².